The zero-order valence-corrected chi connectivity index (χ0v) is 10.1. The Balaban J connectivity index is 4.63. The maximum Gasteiger partial charge on any atom is 0.240 e. The van der Waals surface area contributed by atoms with Gasteiger partial charge in [-0.15, -0.1) is 12.3 Å². The number of rotatable bonds is 7. The molecule has 0 fully saturated rings. The lowest BCUT2D eigenvalue weighted by Gasteiger charge is -2.31. The molecule has 0 radical (unpaired) electrons. The fraction of sp³-hybridized carbons (Fsp3) is 0.750. The minimum atomic E-state index is -0.655. The maximum absolute atomic E-state index is 12.0. The Kier molecular flexibility index (Phi) is 7.61. The predicted octanol–water partition coefficient (Wildman–Crippen LogP) is 0.346. The van der Waals surface area contributed by atoms with E-state index in [9.17, 15) is 4.79 Å². The first kappa shape index (κ1) is 14.9. The van der Waals surface area contributed by atoms with Crippen molar-refractivity contribution in [3.63, 3.8) is 0 Å². The highest BCUT2D eigenvalue weighted by atomic mass is 16.3. The average Bonchev–Trinajstić information content (AvgIpc) is 2.29. The summed E-state index contributed by atoms with van der Waals surface area (Å²) < 4.78 is 0. The Labute approximate surface area is 97.8 Å². The molecule has 0 aliphatic carbocycles. The summed E-state index contributed by atoms with van der Waals surface area (Å²) in [5.74, 6) is 2.22. The van der Waals surface area contributed by atoms with Gasteiger partial charge in [0, 0.05) is 19.0 Å². The standard InChI is InChI=1S/C12H22N2O2/c1-4-7-11(13)12(16)14(8-9-15)10(5-2)6-3/h1,10-11,15H,5-9,13H2,2-3H3. The van der Waals surface area contributed by atoms with Crippen LogP contribution in [0.1, 0.15) is 33.1 Å². The minimum Gasteiger partial charge on any atom is -0.395 e. The third-order valence-corrected chi connectivity index (χ3v) is 2.66. The summed E-state index contributed by atoms with van der Waals surface area (Å²) in [6, 6.07) is -0.527. The van der Waals surface area contributed by atoms with E-state index in [2.05, 4.69) is 5.92 Å². The van der Waals surface area contributed by atoms with Crippen LogP contribution in [0.4, 0.5) is 0 Å². The van der Waals surface area contributed by atoms with Gasteiger partial charge in [0.25, 0.3) is 0 Å². The lowest BCUT2D eigenvalue weighted by molar-refractivity contribution is -0.135. The van der Waals surface area contributed by atoms with Gasteiger partial charge in [-0.1, -0.05) is 13.8 Å². The summed E-state index contributed by atoms with van der Waals surface area (Å²) in [4.78, 5) is 13.6. The summed E-state index contributed by atoms with van der Waals surface area (Å²) in [5, 5.41) is 8.96. The number of carbonyl (C=O) groups excluding carboxylic acids is 1. The fourth-order valence-corrected chi connectivity index (χ4v) is 1.74. The zero-order chi connectivity index (χ0) is 12.6. The molecular weight excluding hydrogens is 204 g/mol. The quantitative estimate of drug-likeness (QED) is 0.615. The summed E-state index contributed by atoms with van der Waals surface area (Å²) in [6.07, 6.45) is 7.07. The van der Waals surface area contributed by atoms with Crippen LogP contribution in [0.25, 0.3) is 0 Å². The monoisotopic (exact) mass is 226 g/mol. The van der Waals surface area contributed by atoms with Crippen molar-refractivity contribution in [3.05, 3.63) is 0 Å². The van der Waals surface area contributed by atoms with Crippen molar-refractivity contribution in [2.45, 2.75) is 45.2 Å². The van der Waals surface area contributed by atoms with E-state index in [1.807, 2.05) is 13.8 Å². The second kappa shape index (κ2) is 8.14. The van der Waals surface area contributed by atoms with E-state index in [0.29, 0.717) is 6.54 Å². The Morgan fingerprint density at radius 1 is 1.50 bits per heavy atom. The van der Waals surface area contributed by atoms with Gasteiger partial charge in [-0.25, -0.2) is 0 Å². The van der Waals surface area contributed by atoms with E-state index in [4.69, 9.17) is 17.3 Å². The maximum atomic E-state index is 12.0. The molecule has 1 atom stereocenters. The van der Waals surface area contributed by atoms with Crippen molar-refractivity contribution in [2.24, 2.45) is 5.73 Å². The van der Waals surface area contributed by atoms with Crippen LogP contribution in [0.5, 0.6) is 0 Å². The largest absolute Gasteiger partial charge is 0.395 e. The average molecular weight is 226 g/mol. The van der Waals surface area contributed by atoms with Gasteiger partial charge in [0.1, 0.15) is 0 Å². The number of aliphatic hydroxyl groups is 1. The Morgan fingerprint density at radius 2 is 2.06 bits per heavy atom. The van der Waals surface area contributed by atoms with Crippen molar-refractivity contribution in [1.82, 2.24) is 4.90 Å². The lowest BCUT2D eigenvalue weighted by atomic mass is 10.1. The normalized spacial score (nSPS) is 12.2. The van der Waals surface area contributed by atoms with Gasteiger partial charge >= 0.3 is 0 Å². The minimum absolute atomic E-state index is 0.0506. The van der Waals surface area contributed by atoms with E-state index in [0.717, 1.165) is 12.8 Å². The predicted molar refractivity (Wildman–Crippen MR) is 64.6 cm³/mol. The highest BCUT2D eigenvalue weighted by Crippen LogP contribution is 2.10. The highest BCUT2D eigenvalue weighted by Gasteiger charge is 2.24. The van der Waals surface area contributed by atoms with E-state index in [1.54, 1.807) is 4.90 Å². The van der Waals surface area contributed by atoms with Crippen LogP contribution in [0.3, 0.4) is 0 Å². The molecule has 0 bridgehead atoms. The number of nitrogens with zero attached hydrogens (tertiary/aromatic N) is 1. The Bertz CT molecular complexity index is 244. The molecule has 92 valence electrons. The van der Waals surface area contributed by atoms with Gasteiger partial charge in [-0.05, 0) is 12.8 Å². The number of amides is 1. The summed E-state index contributed by atoms with van der Waals surface area (Å²) in [5.41, 5.74) is 5.69. The molecule has 1 unspecified atom stereocenters. The van der Waals surface area contributed by atoms with Crippen molar-refractivity contribution < 1.29 is 9.90 Å². The SMILES string of the molecule is C#CCC(N)C(=O)N(CCO)C(CC)CC. The first-order valence-electron chi connectivity index (χ1n) is 5.72. The molecule has 4 heteroatoms. The molecule has 16 heavy (non-hydrogen) atoms. The number of hydrogen-bond acceptors (Lipinski definition) is 3. The van der Waals surface area contributed by atoms with E-state index < -0.39 is 6.04 Å². The van der Waals surface area contributed by atoms with Crippen LogP contribution in [-0.2, 0) is 4.79 Å². The molecule has 0 aromatic heterocycles. The Hall–Kier alpha value is -1.05. The number of nitrogens with two attached hydrogens (primary N) is 1. The van der Waals surface area contributed by atoms with Crippen LogP contribution in [0, 0.1) is 12.3 Å². The van der Waals surface area contributed by atoms with E-state index >= 15 is 0 Å². The first-order chi connectivity index (χ1) is 7.62. The van der Waals surface area contributed by atoms with Gasteiger partial charge in [0.2, 0.25) is 5.91 Å². The van der Waals surface area contributed by atoms with Crippen molar-refractivity contribution in [3.8, 4) is 12.3 Å². The fourth-order valence-electron chi connectivity index (χ4n) is 1.74. The third-order valence-electron chi connectivity index (χ3n) is 2.66. The topological polar surface area (TPSA) is 66.6 Å². The van der Waals surface area contributed by atoms with Crippen LogP contribution in [0.2, 0.25) is 0 Å². The van der Waals surface area contributed by atoms with E-state index in [1.165, 1.54) is 0 Å². The molecule has 0 spiro atoms. The van der Waals surface area contributed by atoms with Crippen LogP contribution in [-0.4, -0.2) is 41.1 Å². The molecule has 3 N–H and O–H groups in total. The smallest absolute Gasteiger partial charge is 0.240 e. The summed E-state index contributed by atoms with van der Waals surface area (Å²) in [6.45, 7) is 4.30. The molecule has 0 rings (SSSR count). The molecule has 0 aliphatic heterocycles. The van der Waals surface area contributed by atoms with Crippen molar-refractivity contribution in [1.29, 1.82) is 0 Å². The van der Waals surface area contributed by atoms with Gasteiger partial charge in [-0.2, -0.15) is 0 Å². The van der Waals surface area contributed by atoms with Crippen LogP contribution < -0.4 is 5.73 Å². The van der Waals surface area contributed by atoms with Crippen molar-refractivity contribution in [2.75, 3.05) is 13.2 Å². The summed E-state index contributed by atoms with van der Waals surface area (Å²) in [7, 11) is 0. The molecule has 0 heterocycles. The van der Waals surface area contributed by atoms with Gasteiger partial charge in [0.15, 0.2) is 0 Å². The number of terminal acetylenes is 1. The second-order valence-electron chi connectivity index (χ2n) is 3.74. The number of carbonyl (C=O) groups is 1. The molecule has 4 nitrogen and oxygen atoms in total. The molecule has 1 amide bonds. The molecule has 0 aromatic carbocycles. The van der Waals surface area contributed by atoms with Gasteiger partial charge in [-0.3, -0.25) is 4.79 Å². The van der Waals surface area contributed by atoms with Gasteiger partial charge in [0.05, 0.1) is 12.6 Å². The Morgan fingerprint density at radius 3 is 2.44 bits per heavy atom. The van der Waals surface area contributed by atoms with E-state index in [-0.39, 0.29) is 25.0 Å². The highest BCUT2D eigenvalue weighted by molar-refractivity contribution is 5.82. The number of aliphatic hydroxyl groups excluding tert-OH is 1. The molecule has 0 saturated carbocycles. The second-order valence-corrected chi connectivity index (χ2v) is 3.74. The first-order valence-corrected chi connectivity index (χ1v) is 5.72. The third kappa shape index (κ3) is 4.21. The lowest BCUT2D eigenvalue weighted by Crippen LogP contribution is -2.49. The van der Waals surface area contributed by atoms with Crippen LogP contribution in [0.15, 0.2) is 0 Å². The van der Waals surface area contributed by atoms with Crippen LogP contribution >= 0.6 is 0 Å². The summed E-state index contributed by atoms with van der Waals surface area (Å²) >= 11 is 0. The zero-order valence-electron chi connectivity index (χ0n) is 10.1. The van der Waals surface area contributed by atoms with Crippen molar-refractivity contribution >= 4 is 5.91 Å². The van der Waals surface area contributed by atoms with Gasteiger partial charge < -0.3 is 15.7 Å². The number of hydrogen-bond donors (Lipinski definition) is 2. The molecule has 0 aromatic rings. The molecule has 0 saturated heterocycles. The molecular formula is C12H22N2O2. The molecule has 0 aliphatic rings.